The molecule has 1 unspecified atom stereocenters. The van der Waals surface area contributed by atoms with Crippen LogP contribution in [-0.2, 0) is 9.53 Å². The van der Waals surface area contributed by atoms with E-state index in [2.05, 4.69) is 4.98 Å². The SMILES string of the molecule is COC(=O)C(CSc1ncccc1Cl)c1ccccc1. The van der Waals surface area contributed by atoms with Crippen molar-refractivity contribution in [1.82, 2.24) is 4.98 Å². The molecule has 0 fully saturated rings. The van der Waals surface area contributed by atoms with Crippen LogP contribution in [0, 0.1) is 0 Å². The predicted octanol–water partition coefficient (Wildman–Crippen LogP) is 3.78. The Kier molecular flexibility index (Phi) is 5.44. The Hall–Kier alpha value is -1.52. The highest BCUT2D eigenvalue weighted by Crippen LogP contribution is 2.30. The summed E-state index contributed by atoms with van der Waals surface area (Å²) in [6, 6.07) is 13.1. The first-order valence-electron chi connectivity index (χ1n) is 6.08. The van der Waals surface area contributed by atoms with Crippen molar-refractivity contribution in [3.05, 3.63) is 59.2 Å². The van der Waals surface area contributed by atoms with E-state index in [9.17, 15) is 4.79 Å². The molecule has 20 heavy (non-hydrogen) atoms. The lowest BCUT2D eigenvalue weighted by molar-refractivity contribution is -0.141. The van der Waals surface area contributed by atoms with Crippen molar-refractivity contribution in [2.75, 3.05) is 12.9 Å². The van der Waals surface area contributed by atoms with Crippen LogP contribution in [0.25, 0.3) is 0 Å². The molecule has 1 aromatic carbocycles. The molecular formula is C15H14ClNO2S. The van der Waals surface area contributed by atoms with E-state index in [4.69, 9.17) is 16.3 Å². The molecule has 0 saturated carbocycles. The molecule has 0 bridgehead atoms. The highest BCUT2D eigenvalue weighted by molar-refractivity contribution is 7.99. The van der Waals surface area contributed by atoms with Gasteiger partial charge in [0.25, 0.3) is 0 Å². The second-order valence-corrected chi connectivity index (χ2v) is 5.50. The number of thioether (sulfide) groups is 1. The second-order valence-electron chi connectivity index (χ2n) is 4.09. The predicted molar refractivity (Wildman–Crippen MR) is 81.2 cm³/mol. The van der Waals surface area contributed by atoms with Gasteiger partial charge in [-0.1, -0.05) is 41.9 Å². The lowest BCUT2D eigenvalue weighted by atomic mass is 10.0. The van der Waals surface area contributed by atoms with Gasteiger partial charge in [-0.2, -0.15) is 0 Å². The van der Waals surface area contributed by atoms with Crippen LogP contribution >= 0.6 is 23.4 Å². The summed E-state index contributed by atoms with van der Waals surface area (Å²) < 4.78 is 4.88. The summed E-state index contributed by atoms with van der Waals surface area (Å²) in [6.45, 7) is 0. The maximum Gasteiger partial charge on any atom is 0.313 e. The summed E-state index contributed by atoms with van der Waals surface area (Å²) in [5.74, 6) is -0.0482. The van der Waals surface area contributed by atoms with Gasteiger partial charge in [-0.25, -0.2) is 4.98 Å². The number of benzene rings is 1. The standard InChI is InChI=1S/C15H14ClNO2S/c1-19-15(18)12(11-6-3-2-4-7-11)10-20-14-13(16)8-5-9-17-14/h2-9,12H,10H2,1H3. The normalized spacial score (nSPS) is 11.9. The smallest absolute Gasteiger partial charge is 0.313 e. The third-order valence-electron chi connectivity index (χ3n) is 2.80. The van der Waals surface area contributed by atoms with Crippen LogP contribution in [0.4, 0.5) is 0 Å². The largest absolute Gasteiger partial charge is 0.469 e. The minimum absolute atomic E-state index is 0.254. The average molecular weight is 308 g/mol. The molecule has 0 aliphatic heterocycles. The fraction of sp³-hybridized carbons (Fsp3) is 0.200. The number of halogens is 1. The van der Waals surface area contributed by atoms with E-state index in [1.807, 2.05) is 30.3 Å². The van der Waals surface area contributed by atoms with Crippen LogP contribution in [0.1, 0.15) is 11.5 Å². The Balaban J connectivity index is 2.14. The lowest BCUT2D eigenvalue weighted by Gasteiger charge is -2.14. The Morgan fingerprint density at radius 2 is 2.05 bits per heavy atom. The van der Waals surface area contributed by atoms with Gasteiger partial charge in [0.05, 0.1) is 18.1 Å². The Bertz CT molecular complexity index is 577. The Labute approximate surface area is 127 Å². The van der Waals surface area contributed by atoms with Gasteiger partial charge in [-0.05, 0) is 17.7 Å². The van der Waals surface area contributed by atoms with Crippen molar-refractivity contribution < 1.29 is 9.53 Å². The third-order valence-corrected chi connectivity index (χ3v) is 4.31. The average Bonchev–Trinajstić information content (AvgIpc) is 2.50. The summed E-state index contributed by atoms with van der Waals surface area (Å²) >= 11 is 7.52. The monoisotopic (exact) mass is 307 g/mol. The van der Waals surface area contributed by atoms with Gasteiger partial charge in [0.15, 0.2) is 0 Å². The molecule has 0 amide bonds. The number of ether oxygens (including phenoxy) is 1. The van der Waals surface area contributed by atoms with E-state index in [-0.39, 0.29) is 11.9 Å². The molecule has 104 valence electrons. The fourth-order valence-corrected chi connectivity index (χ4v) is 3.05. The number of carbonyl (C=O) groups excluding carboxylic acids is 1. The third kappa shape index (κ3) is 3.74. The molecule has 5 heteroatoms. The maximum absolute atomic E-state index is 11.9. The van der Waals surface area contributed by atoms with Crippen LogP contribution in [0.2, 0.25) is 5.02 Å². The summed E-state index contributed by atoms with van der Waals surface area (Å²) in [7, 11) is 1.40. The van der Waals surface area contributed by atoms with E-state index >= 15 is 0 Å². The molecule has 0 aliphatic carbocycles. The van der Waals surface area contributed by atoms with E-state index in [0.29, 0.717) is 10.8 Å². The van der Waals surface area contributed by atoms with Crippen molar-refractivity contribution in [2.45, 2.75) is 10.9 Å². The van der Waals surface area contributed by atoms with E-state index in [0.717, 1.165) is 10.6 Å². The highest BCUT2D eigenvalue weighted by Gasteiger charge is 2.22. The van der Waals surface area contributed by atoms with Crippen molar-refractivity contribution in [2.24, 2.45) is 0 Å². The Morgan fingerprint density at radius 1 is 1.30 bits per heavy atom. The minimum atomic E-state index is -0.329. The highest BCUT2D eigenvalue weighted by atomic mass is 35.5. The number of pyridine rings is 1. The molecule has 3 nitrogen and oxygen atoms in total. The molecule has 1 atom stereocenters. The molecular weight excluding hydrogens is 294 g/mol. The molecule has 0 aliphatic rings. The van der Waals surface area contributed by atoms with Gasteiger partial charge < -0.3 is 4.74 Å². The molecule has 0 radical (unpaired) electrons. The molecule has 1 heterocycles. The van der Waals surface area contributed by atoms with Gasteiger partial charge >= 0.3 is 5.97 Å². The van der Waals surface area contributed by atoms with Gasteiger partial charge in [-0.3, -0.25) is 4.79 Å². The number of nitrogens with zero attached hydrogens (tertiary/aromatic N) is 1. The van der Waals surface area contributed by atoms with Crippen molar-refractivity contribution in [3.8, 4) is 0 Å². The summed E-state index contributed by atoms with van der Waals surface area (Å²) in [5.41, 5.74) is 0.930. The zero-order valence-corrected chi connectivity index (χ0v) is 12.5. The first-order chi connectivity index (χ1) is 9.72. The summed E-state index contributed by atoms with van der Waals surface area (Å²) in [4.78, 5) is 16.1. The molecule has 1 aromatic heterocycles. The lowest BCUT2D eigenvalue weighted by Crippen LogP contribution is -2.16. The topological polar surface area (TPSA) is 39.2 Å². The van der Waals surface area contributed by atoms with Crippen molar-refractivity contribution >= 4 is 29.3 Å². The molecule has 2 rings (SSSR count). The van der Waals surface area contributed by atoms with Crippen molar-refractivity contribution in [3.63, 3.8) is 0 Å². The van der Waals surface area contributed by atoms with Crippen molar-refractivity contribution in [1.29, 1.82) is 0 Å². The zero-order chi connectivity index (χ0) is 14.4. The van der Waals surface area contributed by atoms with E-state index in [1.54, 1.807) is 18.3 Å². The van der Waals surface area contributed by atoms with Crippen LogP contribution in [0.3, 0.4) is 0 Å². The zero-order valence-electron chi connectivity index (χ0n) is 11.0. The summed E-state index contributed by atoms with van der Waals surface area (Å²) in [6.07, 6.45) is 1.68. The number of esters is 1. The molecule has 0 saturated heterocycles. The maximum atomic E-state index is 11.9. The van der Waals surface area contributed by atoms with Gasteiger partial charge in [0.1, 0.15) is 5.03 Å². The first kappa shape index (κ1) is 14.9. The number of carbonyl (C=O) groups is 1. The fourth-order valence-electron chi connectivity index (χ4n) is 1.77. The van der Waals surface area contributed by atoms with E-state index < -0.39 is 0 Å². The number of methoxy groups -OCH3 is 1. The van der Waals surface area contributed by atoms with Gasteiger partial charge in [0, 0.05) is 11.9 Å². The molecule has 2 aromatic rings. The number of rotatable bonds is 5. The number of aromatic nitrogens is 1. The van der Waals surface area contributed by atoms with Crippen LogP contribution in [0.15, 0.2) is 53.7 Å². The molecule has 0 N–H and O–H groups in total. The minimum Gasteiger partial charge on any atom is -0.469 e. The molecule has 0 spiro atoms. The van der Waals surface area contributed by atoms with Crippen LogP contribution in [0.5, 0.6) is 0 Å². The van der Waals surface area contributed by atoms with Gasteiger partial charge in [-0.15, -0.1) is 11.8 Å². The Morgan fingerprint density at radius 3 is 2.70 bits per heavy atom. The van der Waals surface area contributed by atoms with E-state index in [1.165, 1.54) is 18.9 Å². The summed E-state index contributed by atoms with van der Waals surface area (Å²) in [5, 5.41) is 1.31. The van der Waals surface area contributed by atoms with Crippen LogP contribution < -0.4 is 0 Å². The number of hydrogen-bond donors (Lipinski definition) is 0. The number of hydrogen-bond acceptors (Lipinski definition) is 4. The quantitative estimate of drug-likeness (QED) is 0.622. The first-order valence-corrected chi connectivity index (χ1v) is 7.45. The van der Waals surface area contributed by atoms with Gasteiger partial charge in [0.2, 0.25) is 0 Å². The van der Waals surface area contributed by atoms with Crippen LogP contribution in [-0.4, -0.2) is 23.8 Å². The second kappa shape index (κ2) is 7.31.